The summed E-state index contributed by atoms with van der Waals surface area (Å²) in [5.41, 5.74) is -6.78. The van der Waals surface area contributed by atoms with E-state index in [9.17, 15) is 89.8 Å². The van der Waals surface area contributed by atoms with E-state index in [4.69, 9.17) is 13.9 Å². The summed E-state index contributed by atoms with van der Waals surface area (Å²) in [6.45, 7) is 9.94. The summed E-state index contributed by atoms with van der Waals surface area (Å²) in [6, 6.07) is 10.2. The van der Waals surface area contributed by atoms with E-state index in [0.29, 0.717) is 11.5 Å². The van der Waals surface area contributed by atoms with Crippen molar-refractivity contribution in [1.82, 2.24) is 9.80 Å². The number of carbonyl (C=O) groups excluding carboxylic acids is 5. The molecule has 440 valence electrons. The summed E-state index contributed by atoms with van der Waals surface area (Å²) < 4.78 is 226. The van der Waals surface area contributed by atoms with Crippen LogP contribution in [-0.2, 0) is 37.9 Å². The summed E-state index contributed by atoms with van der Waals surface area (Å²) in [7, 11) is -2.18. The Bertz CT molecular complexity index is 3180. The summed E-state index contributed by atoms with van der Waals surface area (Å²) in [4.78, 5) is 64.1. The van der Waals surface area contributed by atoms with Crippen LogP contribution in [0, 0.1) is 135 Å². The fraction of sp³-hybridized carbons (Fsp3) is 0.339. The van der Waals surface area contributed by atoms with E-state index in [1.165, 1.54) is 15.0 Å². The van der Waals surface area contributed by atoms with Gasteiger partial charge in [-0.3, -0.25) is 29.0 Å². The molecule has 10 rings (SSSR count). The minimum absolute atomic E-state index is 0.0286. The number of nitrogens with zero attached hydrogens (tertiary/aromatic N) is 2. The van der Waals surface area contributed by atoms with Crippen LogP contribution in [0.2, 0.25) is 13.1 Å². The van der Waals surface area contributed by atoms with Gasteiger partial charge in [0.25, 0.3) is 21.0 Å². The second kappa shape index (κ2) is 23.6. The van der Waals surface area contributed by atoms with Crippen LogP contribution in [0.25, 0.3) is 0 Å². The highest BCUT2D eigenvalue weighted by atomic mass is 28.4. The molecular weight excluding hydrogens is 1150 g/mol. The molecule has 27 heteroatoms. The van der Waals surface area contributed by atoms with Gasteiger partial charge in [0.1, 0.15) is 13.2 Å². The zero-order chi connectivity index (χ0) is 61.2. The van der Waals surface area contributed by atoms with Gasteiger partial charge < -0.3 is 13.9 Å². The first-order valence-corrected chi connectivity index (χ1v) is 28.4. The average Bonchev–Trinajstić information content (AvgIpc) is 2.08. The van der Waals surface area contributed by atoms with Gasteiger partial charge in [0.15, 0.2) is 87.3 Å². The maximum Gasteiger partial charge on any atom is 0.333 e. The van der Waals surface area contributed by atoms with E-state index in [0.717, 1.165) is 18.4 Å². The second-order valence-corrected chi connectivity index (χ2v) is 24.9. The van der Waals surface area contributed by atoms with Gasteiger partial charge in [-0.2, -0.15) is 0 Å². The van der Waals surface area contributed by atoms with Crippen molar-refractivity contribution in [3.05, 3.63) is 166 Å². The highest BCUT2D eigenvalue weighted by Gasteiger charge is 2.60. The predicted molar refractivity (Wildman–Crippen MR) is 267 cm³/mol. The van der Waals surface area contributed by atoms with Gasteiger partial charge in [0, 0.05) is 27.5 Å². The smallest absolute Gasteiger partial charge is 0.333 e. The summed E-state index contributed by atoms with van der Waals surface area (Å²) in [5, 5.41) is 1.18. The predicted octanol–water partition coefficient (Wildman–Crippen LogP) is 8.39. The van der Waals surface area contributed by atoms with Gasteiger partial charge in [-0.05, 0) is 75.6 Å². The Labute approximate surface area is 464 Å². The second-order valence-electron chi connectivity index (χ2n) is 21.1. The Balaban J connectivity index is 0.000000168. The van der Waals surface area contributed by atoms with E-state index >= 15 is 0 Å². The van der Waals surface area contributed by atoms with E-state index in [1.807, 2.05) is 32.0 Å². The number of rotatable bonds is 14. The summed E-state index contributed by atoms with van der Waals surface area (Å²) >= 11 is 0. The molecule has 4 amide bonds. The first-order chi connectivity index (χ1) is 39.0. The number of fused-ring (bicyclic) bond motifs is 10. The molecule has 0 N–H and O–H groups in total. The van der Waals surface area contributed by atoms with Crippen molar-refractivity contribution in [2.24, 2.45) is 47.3 Å². The van der Waals surface area contributed by atoms with Crippen LogP contribution in [0.3, 0.4) is 0 Å². The standard InChI is InChI=1S/C23H29NO4Si.C18BF15.C15H17NO4/c1-15(2)23(28-29(3,4)18-8-6-5-7-9-18)27-13-12-24-21(25)19-16-10-11-17(14-16)20(19)22(24)26;20-4-1(5(21)11(27)16(32)10(4)26)19(2-6(22)12(28)17(33)13(29)7(2)23)3-8(24)14(30)18(34)15(31)9(3)25;1-8(2)15(19)20-6-5-16-13(17)11-9-3-4-10(7-9)12(11)14(16)18/h5-11,16-17,19-20H,12-14H2,1-4H3;;3-4,9-12H,1,5-7H2,2H3/t16-,17+,19?,20?;;9-,10+,11?,12?. The van der Waals surface area contributed by atoms with Crippen LogP contribution in [0.15, 0.2) is 78.3 Å². The molecule has 4 aromatic rings. The third-order valence-electron chi connectivity index (χ3n) is 15.4. The quantitative estimate of drug-likeness (QED) is 0.0142. The largest absolute Gasteiger partial charge is 0.515 e. The van der Waals surface area contributed by atoms with Crippen molar-refractivity contribution in [3.63, 3.8) is 0 Å². The monoisotopic (exact) mass is 1200 g/mol. The lowest BCUT2D eigenvalue weighted by atomic mass is 9.36. The Morgan fingerprint density at radius 1 is 0.494 bits per heavy atom. The summed E-state index contributed by atoms with van der Waals surface area (Å²) in [6.07, 6.45) is 10.2. The molecule has 4 aliphatic carbocycles. The average molecular weight is 1200 g/mol. The van der Waals surface area contributed by atoms with Gasteiger partial charge >= 0.3 is 5.97 Å². The number of amides is 4. The molecule has 4 bridgehead atoms. The van der Waals surface area contributed by atoms with Crippen molar-refractivity contribution in [1.29, 1.82) is 0 Å². The Kier molecular flexibility index (Phi) is 17.5. The zero-order valence-electron chi connectivity index (χ0n) is 44.2. The van der Waals surface area contributed by atoms with Crippen molar-refractivity contribution in [3.8, 4) is 0 Å². The highest BCUT2D eigenvalue weighted by molar-refractivity contribution is 6.95. The van der Waals surface area contributed by atoms with E-state index in [-0.39, 0.29) is 97.3 Å². The highest BCUT2D eigenvalue weighted by Crippen LogP contribution is 2.53. The van der Waals surface area contributed by atoms with Crippen LogP contribution in [0.4, 0.5) is 65.9 Å². The number of hydrogen-bond acceptors (Lipinski definition) is 8. The number of halogens is 15. The van der Waals surface area contributed by atoms with E-state index in [2.05, 4.69) is 56.1 Å². The number of allylic oxidation sites excluding steroid dienone is 5. The van der Waals surface area contributed by atoms with Gasteiger partial charge in [0.05, 0.1) is 36.8 Å². The van der Waals surface area contributed by atoms with Gasteiger partial charge in [0.2, 0.25) is 23.6 Å². The van der Waals surface area contributed by atoms with Crippen molar-refractivity contribution in [2.45, 2.75) is 46.7 Å². The van der Waals surface area contributed by atoms with Crippen LogP contribution in [-0.4, -0.2) is 80.7 Å². The number of likely N-dealkylation sites (tertiary alicyclic amines) is 2. The number of hydrogen-bond donors (Lipinski definition) is 0. The first-order valence-electron chi connectivity index (χ1n) is 25.4. The number of benzene rings is 4. The molecule has 4 unspecified atom stereocenters. The van der Waals surface area contributed by atoms with E-state index < -0.39 is 125 Å². The molecule has 0 radical (unpaired) electrons. The number of carbonyl (C=O) groups is 5. The maximum absolute atomic E-state index is 14.4. The fourth-order valence-electron chi connectivity index (χ4n) is 11.4. The summed E-state index contributed by atoms with van der Waals surface area (Å²) in [5.74, 6) is -45.3. The lowest BCUT2D eigenvalue weighted by Crippen LogP contribution is -2.60. The normalized spacial score (nSPS) is 22.4. The maximum atomic E-state index is 14.4. The Hall–Kier alpha value is -7.58. The third-order valence-corrected chi connectivity index (χ3v) is 17.8. The number of imide groups is 2. The van der Waals surface area contributed by atoms with Gasteiger partial charge in [-0.25, -0.2) is 70.7 Å². The third kappa shape index (κ3) is 10.9. The number of esters is 1. The molecular formula is C56H46BF15N2O8Si. The molecule has 0 spiro atoms. The topological polar surface area (TPSA) is 120 Å². The van der Waals surface area contributed by atoms with Crippen LogP contribution >= 0.6 is 0 Å². The number of ether oxygens (including phenoxy) is 2. The van der Waals surface area contributed by atoms with Gasteiger partial charge in [-0.15, -0.1) is 0 Å². The lowest BCUT2D eigenvalue weighted by Gasteiger charge is -2.27. The molecule has 8 atom stereocenters. The molecule has 10 nitrogen and oxygen atoms in total. The zero-order valence-corrected chi connectivity index (χ0v) is 45.2. The molecule has 2 heterocycles. The Morgan fingerprint density at radius 3 is 1.07 bits per heavy atom. The molecule has 2 saturated carbocycles. The van der Waals surface area contributed by atoms with Crippen LogP contribution in [0.1, 0.15) is 33.6 Å². The van der Waals surface area contributed by atoms with Crippen molar-refractivity contribution >= 4 is 66.2 Å². The SMILES string of the molecule is C=C(C)C(=O)OCCN1C(=O)C2C(C1=O)[C@H]1C=C[C@@H]2C1.CC(C)=C(OCCN1C(=O)C2C(C1=O)[C@H]1C=C[C@@H]2C1)O[Si](C)(C)c1ccccc1.Fc1c(F)c(F)c(B(c2c(F)c(F)c(F)c(F)c2F)c2c(F)c(F)c(F)c(F)c2F)c(F)c1F. The van der Waals surface area contributed by atoms with E-state index in [1.54, 1.807) is 6.92 Å². The van der Waals surface area contributed by atoms with Crippen LogP contribution in [0.5, 0.6) is 0 Å². The Morgan fingerprint density at radius 2 is 0.783 bits per heavy atom. The fourth-order valence-corrected chi connectivity index (χ4v) is 13.3. The molecule has 0 aromatic heterocycles. The molecule has 4 fully saturated rings. The van der Waals surface area contributed by atoms with Crippen LogP contribution < -0.4 is 21.6 Å². The van der Waals surface area contributed by atoms with Gasteiger partial charge in [-0.1, -0.05) is 61.2 Å². The molecule has 4 aromatic carbocycles. The minimum Gasteiger partial charge on any atom is -0.515 e. The van der Waals surface area contributed by atoms with Crippen molar-refractivity contribution in [2.75, 3.05) is 26.3 Å². The molecule has 83 heavy (non-hydrogen) atoms. The van der Waals surface area contributed by atoms with Crippen molar-refractivity contribution < 1.29 is 104 Å². The molecule has 2 aliphatic heterocycles. The minimum atomic E-state index is -3.96. The lowest BCUT2D eigenvalue weighted by molar-refractivity contribution is -0.146. The molecule has 2 saturated heterocycles. The first kappa shape index (κ1) is 61.5. The molecule has 6 aliphatic rings.